The van der Waals surface area contributed by atoms with Gasteiger partial charge in [-0.25, -0.2) is 24.4 Å². The zero-order valence-corrected chi connectivity index (χ0v) is 29.8. The fourth-order valence-electron chi connectivity index (χ4n) is 5.95. The number of hydrogen-bond acceptors (Lipinski definition) is 12. The third kappa shape index (κ3) is 8.84. The van der Waals surface area contributed by atoms with Crippen molar-refractivity contribution in [3.63, 3.8) is 0 Å². The summed E-state index contributed by atoms with van der Waals surface area (Å²) in [4.78, 5) is 65.4. The van der Waals surface area contributed by atoms with Crippen LogP contribution >= 0.6 is 0 Å². The van der Waals surface area contributed by atoms with Gasteiger partial charge in [-0.05, 0) is 54.3 Å². The Morgan fingerprint density at radius 2 is 1.70 bits per heavy atom. The van der Waals surface area contributed by atoms with Gasteiger partial charge in [0.25, 0.3) is 0 Å². The van der Waals surface area contributed by atoms with E-state index < -0.39 is 12.1 Å². The second-order valence-corrected chi connectivity index (χ2v) is 12.8. The second-order valence-electron chi connectivity index (χ2n) is 12.8. The Balaban J connectivity index is 1.13. The van der Waals surface area contributed by atoms with Crippen LogP contribution in [0, 0.1) is 17.2 Å². The molecule has 2 aromatic carbocycles. The number of aromatic carboxylic acids is 1. The smallest absolute Gasteiger partial charge is 0.409 e. The molecule has 4 aromatic rings. The molecular formula is C36H40N10O7. The van der Waals surface area contributed by atoms with Gasteiger partial charge in [0.05, 0.1) is 28.9 Å². The predicted molar refractivity (Wildman–Crippen MR) is 192 cm³/mol. The minimum atomic E-state index is -1.28. The summed E-state index contributed by atoms with van der Waals surface area (Å²) < 4.78 is 6.87. The van der Waals surface area contributed by atoms with E-state index in [9.17, 15) is 24.3 Å². The van der Waals surface area contributed by atoms with E-state index in [-0.39, 0.29) is 67.0 Å². The molecular weight excluding hydrogens is 684 g/mol. The third-order valence-electron chi connectivity index (χ3n) is 9.20. The first-order valence-corrected chi connectivity index (χ1v) is 16.8. The molecule has 1 aliphatic rings. The first-order chi connectivity index (χ1) is 25.4. The van der Waals surface area contributed by atoms with E-state index in [0.717, 1.165) is 6.42 Å². The van der Waals surface area contributed by atoms with E-state index in [0.29, 0.717) is 41.2 Å². The number of rotatable bonds is 11. The molecule has 0 radical (unpaired) electrons. The molecule has 0 unspecified atom stereocenters. The highest BCUT2D eigenvalue weighted by Crippen LogP contribution is 2.30. The van der Waals surface area contributed by atoms with E-state index in [2.05, 4.69) is 27.1 Å². The minimum absolute atomic E-state index is 0.00498. The number of carbonyl (C=O) groups is 4. The molecule has 1 aliphatic heterocycles. The number of aromatic nitrogens is 3. The monoisotopic (exact) mass is 724 g/mol. The lowest BCUT2D eigenvalue weighted by molar-refractivity contribution is -0.131. The summed E-state index contributed by atoms with van der Waals surface area (Å²) in [6, 6.07) is 14.0. The van der Waals surface area contributed by atoms with Crippen molar-refractivity contribution in [3.8, 4) is 11.8 Å². The molecule has 1 saturated heterocycles. The number of carbonyl (C=O) groups excluding carboxylic acids is 3. The summed E-state index contributed by atoms with van der Waals surface area (Å²) >= 11 is 0. The van der Waals surface area contributed by atoms with Crippen molar-refractivity contribution in [2.24, 2.45) is 16.1 Å². The van der Waals surface area contributed by atoms with Crippen LogP contribution in [-0.4, -0.2) is 117 Å². The van der Waals surface area contributed by atoms with Gasteiger partial charge in [-0.2, -0.15) is 15.5 Å². The van der Waals surface area contributed by atoms with Gasteiger partial charge in [0.15, 0.2) is 5.65 Å². The molecule has 1 fully saturated rings. The lowest BCUT2D eigenvalue weighted by Gasteiger charge is -2.42. The lowest BCUT2D eigenvalue weighted by atomic mass is 9.92. The fourth-order valence-corrected chi connectivity index (χ4v) is 5.95. The minimum Gasteiger partial charge on any atom is -0.507 e. The van der Waals surface area contributed by atoms with Crippen LogP contribution in [0.1, 0.15) is 35.7 Å². The number of likely N-dealkylation sites (tertiary alicyclic amines) is 1. The zero-order valence-electron chi connectivity index (χ0n) is 29.8. The van der Waals surface area contributed by atoms with E-state index in [1.807, 2.05) is 18.0 Å². The number of piperidine rings is 1. The van der Waals surface area contributed by atoms with Gasteiger partial charge in [0, 0.05) is 53.5 Å². The number of anilines is 1. The second kappa shape index (κ2) is 16.6. The number of likely N-dealkylation sites (N-methyl/N-ethyl adjacent to an activating group) is 3. The van der Waals surface area contributed by atoms with Gasteiger partial charge < -0.3 is 34.5 Å². The van der Waals surface area contributed by atoms with E-state index in [4.69, 9.17) is 15.1 Å². The summed E-state index contributed by atoms with van der Waals surface area (Å²) in [6.07, 6.45) is 3.09. The first-order valence-electron chi connectivity index (χ1n) is 16.8. The quantitative estimate of drug-likeness (QED) is 0.197. The third-order valence-corrected chi connectivity index (χ3v) is 9.20. The van der Waals surface area contributed by atoms with Crippen molar-refractivity contribution in [2.75, 3.05) is 52.2 Å². The largest absolute Gasteiger partial charge is 0.507 e. The Labute approximate surface area is 305 Å². The van der Waals surface area contributed by atoms with E-state index >= 15 is 0 Å². The standard InChI is InChI=1S/C36H40N10O7/c1-23-12-15-45(31(48)11-14-37)20-29(23)44(4)32-27-13-16-46(33(27)39-22-38-32)35(51)42(2)17-18-43(3)36(52)53-21-24-5-7-25(8-6-24)40-41-26-9-10-30(47)28(19-26)34(49)50/h5-10,13,16,19,22-23,29,47H,11-12,15,17-18,20-21H2,1-4H3,(H,49,50)/t23-,29+/m1/s1. The molecule has 0 bridgehead atoms. The van der Waals surface area contributed by atoms with Crippen molar-refractivity contribution in [1.82, 2.24) is 29.2 Å². The number of benzene rings is 2. The topological polar surface area (TPSA) is 210 Å². The van der Waals surface area contributed by atoms with Gasteiger partial charge in [-0.15, -0.1) is 0 Å². The van der Waals surface area contributed by atoms with Crippen molar-refractivity contribution >= 4 is 52.2 Å². The average molecular weight is 725 g/mol. The van der Waals surface area contributed by atoms with Gasteiger partial charge >= 0.3 is 18.1 Å². The summed E-state index contributed by atoms with van der Waals surface area (Å²) in [6.45, 7) is 3.59. The lowest BCUT2D eigenvalue weighted by Crippen LogP contribution is -2.52. The molecule has 2 N–H and O–H groups in total. The Kier molecular flexibility index (Phi) is 11.8. The molecule has 2 aromatic heterocycles. The van der Waals surface area contributed by atoms with Crippen LogP contribution in [0.25, 0.3) is 11.0 Å². The van der Waals surface area contributed by atoms with Crippen LogP contribution in [-0.2, 0) is 16.1 Å². The normalized spacial score (nSPS) is 15.6. The van der Waals surface area contributed by atoms with Gasteiger partial charge in [-0.3, -0.25) is 9.36 Å². The Morgan fingerprint density at radius 3 is 2.42 bits per heavy atom. The number of phenols is 1. The highest BCUT2D eigenvalue weighted by atomic mass is 16.6. The van der Waals surface area contributed by atoms with Crippen molar-refractivity contribution in [2.45, 2.75) is 32.4 Å². The van der Waals surface area contributed by atoms with Crippen LogP contribution in [0.5, 0.6) is 5.75 Å². The number of fused-ring (bicyclic) bond motifs is 1. The number of ether oxygens (including phenoxy) is 1. The number of aromatic hydroxyl groups is 1. The number of hydrogen-bond donors (Lipinski definition) is 2. The number of carboxylic acid groups (broad SMARTS) is 1. The number of amides is 3. The fraction of sp³-hybridized carbons (Fsp3) is 0.361. The number of carboxylic acids is 1. The summed E-state index contributed by atoms with van der Waals surface area (Å²) in [5.41, 5.74) is 1.58. The molecule has 5 rings (SSSR count). The van der Waals surface area contributed by atoms with Crippen molar-refractivity contribution in [1.29, 1.82) is 5.26 Å². The average Bonchev–Trinajstić information content (AvgIpc) is 3.60. The Morgan fingerprint density at radius 1 is 1.00 bits per heavy atom. The van der Waals surface area contributed by atoms with Crippen LogP contribution < -0.4 is 4.90 Å². The number of nitrogens with zero attached hydrogens (tertiary/aromatic N) is 10. The van der Waals surface area contributed by atoms with Gasteiger partial charge in [-0.1, -0.05) is 19.1 Å². The maximum atomic E-state index is 13.5. The molecule has 53 heavy (non-hydrogen) atoms. The molecule has 0 spiro atoms. The first kappa shape index (κ1) is 37.7. The number of nitriles is 1. The van der Waals surface area contributed by atoms with Crippen LogP contribution in [0.3, 0.4) is 0 Å². The molecule has 3 amide bonds. The molecule has 276 valence electrons. The molecule has 17 nitrogen and oxygen atoms in total. The van der Waals surface area contributed by atoms with E-state index in [1.165, 1.54) is 38.9 Å². The highest BCUT2D eigenvalue weighted by molar-refractivity contribution is 5.95. The Bertz CT molecular complexity index is 2060. The van der Waals surface area contributed by atoms with E-state index in [1.54, 1.807) is 55.5 Å². The summed E-state index contributed by atoms with van der Waals surface area (Å²) in [7, 11) is 5.11. The van der Waals surface area contributed by atoms with Crippen LogP contribution in [0.2, 0.25) is 0 Å². The molecule has 0 saturated carbocycles. The molecule has 2 atom stereocenters. The molecule has 0 aliphatic carbocycles. The highest BCUT2D eigenvalue weighted by Gasteiger charge is 2.33. The van der Waals surface area contributed by atoms with Crippen LogP contribution in [0.15, 0.2) is 71.3 Å². The van der Waals surface area contributed by atoms with Crippen molar-refractivity contribution < 1.29 is 34.1 Å². The summed E-state index contributed by atoms with van der Waals surface area (Å²) in [5.74, 6) is -0.950. The Hall–Kier alpha value is -6.57. The predicted octanol–water partition coefficient (Wildman–Crippen LogP) is 5.01. The van der Waals surface area contributed by atoms with Gasteiger partial charge in [0.1, 0.15) is 36.5 Å². The molecule has 17 heteroatoms. The zero-order chi connectivity index (χ0) is 38.2. The van der Waals surface area contributed by atoms with Crippen molar-refractivity contribution in [3.05, 3.63) is 72.2 Å². The van der Waals surface area contributed by atoms with Gasteiger partial charge in [0.2, 0.25) is 5.91 Å². The number of azo groups is 1. The maximum absolute atomic E-state index is 13.5. The molecule has 3 heterocycles. The maximum Gasteiger partial charge on any atom is 0.409 e. The SMILES string of the molecule is C[C@@H]1CCN(C(=O)CC#N)C[C@@H]1N(C)c1ncnc2c1ccn2C(=O)N(C)CCN(C)C(=O)OCc1ccc(N=Nc2ccc(O)c(C(=O)O)c2)cc1. The summed E-state index contributed by atoms with van der Waals surface area (Å²) in [5, 5.41) is 36.6. The van der Waals surface area contributed by atoms with Crippen LogP contribution in [0.4, 0.5) is 26.8 Å².